The van der Waals surface area contributed by atoms with Gasteiger partial charge in [0, 0.05) is 13.0 Å². The topological polar surface area (TPSA) is 354 Å². The van der Waals surface area contributed by atoms with Gasteiger partial charge in [-0.2, -0.15) is 0 Å². The van der Waals surface area contributed by atoms with Gasteiger partial charge in [0.05, 0.1) is 18.9 Å². The molecule has 0 unspecified atom stereocenters. The number of carboxylic acids is 2. The minimum atomic E-state index is -1.66. The normalized spacial score (nSPS) is 14.3. The van der Waals surface area contributed by atoms with Crippen molar-refractivity contribution < 1.29 is 48.6 Å². The van der Waals surface area contributed by atoms with Crippen LogP contribution in [0.5, 0.6) is 0 Å². The maximum Gasteiger partial charge on any atom is 0.326 e. The molecule has 0 saturated carbocycles. The van der Waals surface area contributed by atoms with E-state index in [0.29, 0.717) is 5.56 Å². The van der Waals surface area contributed by atoms with Crippen LogP contribution in [0.2, 0.25) is 0 Å². The van der Waals surface area contributed by atoms with Gasteiger partial charge in [-0.3, -0.25) is 38.6 Å². The van der Waals surface area contributed by atoms with E-state index in [1.807, 2.05) is 0 Å². The number of benzene rings is 1. The molecule has 0 radical (unpaired) electrons. The molecular weight excluding hydrogens is 648 g/mol. The van der Waals surface area contributed by atoms with Crippen LogP contribution >= 0.6 is 0 Å². The summed E-state index contributed by atoms with van der Waals surface area (Å²) in [6, 6.07) is 0.155. The zero-order valence-corrected chi connectivity index (χ0v) is 27.0. The van der Waals surface area contributed by atoms with Crippen LogP contribution in [0.15, 0.2) is 35.3 Å². The van der Waals surface area contributed by atoms with Crippen molar-refractivity contribution >= 4 is 53.3 Å². The van der Waals surface area contributed by atoms with Crippen molar-refractivity contribution in [1.29, 1.82) is 0 Å². The summed E-state index contributed by atoms with van der Waals surface area (Å²) in [5, 5.41) is 30.1. The first-order chi connectivity index (χ1) is 22.9. The largest absolute Gasteiger partial charge is 0.481 e. The molecule has 6 atom stereocenters. The number of nitrogens with two attached hydrogens (primary N) is 4. The van der Waals surface area contributed by atoms with E-state index in [1.165, 1.54) is 13.8 Å². The van der Waals surface area contributed by atoms with Gasteiger partial charge in [0.1, 0.15) is 30.2 Å². The molecule has 0 fully saturated rings. The van der Waals surface area contributed by atoms with Crippen molar-refractivity contribution in [3.63, 3.8) is 0 Å². The summed E-state index contributed by atoms with van der Waals surface area (Å²) < 4.78 is 0. The average molecular weight is 693 g/mol. The number of carboxylic acid groups (broad SMARTS) is 2. The number of aliphatic imine (C=N–C) groups is 1. The Labute approximate surface area is 281 Å². The molecule has 1 aromatic carbocycles. The monoisotopic (exact) mass is 692 g/mol. The standard InChI is InChI=1S/C29H44N10O10/c1-14(36-26(46)18(9-6-10-34-29(32)33)37-25(45)17(30)12-22(41)42)23(43)35-15(2)24(44)38-19(11-16-7-4-3-5-8-16)27(47)39-20(28(48)49)13-21(31)40/h3-5,7-8,14-15,17-20H,6,9-13,30H2,1-2H3,(H2,31,40)(H,35,43)(H,36,46)(H,37,45)(H,38,44)(H,39,47)(H,41,42)(H,48,49)(H4,32,33,34)/t14-,15-,17-,18-,19-,20-/m0/s1. The van der Waals surface area contributed by atoms with Crippen LogP contribution in [0, 0.1) is 0 Å². The average Bonchev–Trinajstić information content (AvgIpc) is 3.01. The third-order valence-electron chi connectivity index (χ3n) is 6.75. The summed E-state index contributed by atoms with van der Waals surface area (Å²) in [5.74, 6) is -8.39. The Morgan fingerprint density at radius 2 is 1.20 bits per heavy atom. The van der Waals surface area contributed by atoms with E-state index in [-0.39, 0.29) is 31.8 Å². The Morgan fingerprint density at radius 1 is 0.694 bits per heavy atom. The fraction of sp³-hybridized carbons (Fsp3) is 0.483. The second-order valence-electron chi connectivity index (χ2n) is 11.0. The lowest BCUT2D eigenvalue weighted by Gasteiger charge is -2.25. The summed E-state index contributed by atoms with van der Waals surface area (Å²) in [6.07, 6.45) is -1.29. The Hall–Kier alpha value is -5.79. The van der Waals surface area contributed by atoms with E-state index in [9.17, 15) is 43.5 Å². The molecule has 49 heavy (non-hydrogen) atoms. The smallest absolute Gasteiger partial charge is 0.326 e. The first kappa shape index (κ1) is 41.2. The van der Waals surface area contributed by atoms with Gasteiger partial charge in [-0.25, -0.2) is 4.79 Å². The molecule has 15 N–H and O–H groups in total. The van der Waals surface area contributed by atoms with E-state index in [1.54, 1.807) is 30.3 Å². The molecule has 0 bridgehead atoms. The number of amides is 6. The molecule has 1 rings (SSSR count). The van der Waals surface area contributed by atoms with Gasteiger partial charge in [0.2, 0.25) is 35.4 Å². The summed E-state index contributed by atoms with van der Waals surface area (Å²) in [7, 11) is 0. The molecule has 1 aromatic rings. The van der Waals surface area contributed by atoms with Gasteiger partial charge >= 0.3 is 11.9 Å². The molecule has 0 saturated heterocycles. The molecule has 6 amide bonds. The van der Waals surface area contributed by atoms with Gasteiger partial charge in [-0.1, -0.05) is 30.3 Å². The number of aliphatic carboxylic acids is 2. The molecule has 20 heteroatoms. The fourth-order valence-corrected chi connectivity index (χ4v) is 4.14. The minimum absolute atomic E-state index is 0.0195. The van der Waals surface area contributed by atoms with Crippen molar-refractivity contribution in [2.24, 2.45) is 27.9 Å². The molecule has 0 aliphatic heterocycles. The third-order valence-corrected chi connectivity index (χ3v) is 6.75. The second kappa shape index (κ2) is 20.4. The number of nitrogens with one attached hydrogen (secondary N) is 5. The number of hydrogen-bond donors (Lipinski definition) is 11. The van der Waals surface area contributed by atoms with Crippen LogP contribution in [0.25, 0.3) is 0 Å². The van der Waals surface area contributed by atoms with Crippen LogP contribution in [0.4, 0.5) is 0 Å². The lowest BCUT2D eigenvalue weighted by atomic mass is 10.0. The SMILES string of the molecule is C[C@H](NC(=O)[C@H](C)NC(=O)[C@H](CCCN=C(N)N)NC(=O)[C@@H](N)CC(=O)O)C(=O)N[C@@H](Cc1ccccc1)C(=O)N[C@@H](CC(N)=O)C(=O)O. The third kappa shape index (κ3) is 16.0. The number of primary amides is 1. The molecule has 0 spiro atoms. The van der Waals surface area contributed by atoms with Crippen molar-refractivity contribution in [2.45, 2.75) is 82.2 Å². The molecule has 270 valence electrons. The van der Waals surface area contributed by atoms with E-state index in [0.717, 1.165) is 0 Å². The number of rotatable bonds is 21. The first-order valence-electron chi connectivity index (χ1n) is 15.0. The van der Waals surface area contributed by atoms with Crippen molar-refractivity contribution in [3.8, 4) is 0 Å². The van der Waals surface area contributed by atoms with Gasteiger partial charge in [0.15, 0.2) is 5.96 Å². The highest BCUT2D eigenvalue weighted by molar-refractivity contribution is 5.96. The predicted octanol–water partition coefficient (Wildman–Crippen LogP) is -4.49. The number of hydrogen-bond acceptors (Lipinski definition) is 10. The molecule has 0 aliphatic carbocycles. The van der Waals surface area contributed by atoms with Crippen LogP contribution in [0.3, 0.4) is 0 Å². The summed E-state index contributed by atoms with van der Waals surface area (Å²) in [4.78, 5) is 102. The highest BCUT2D eigenvalue weighted by atomic mass is 16.4. The van der Waals surface area contributed by atoms with Gasteiger partial charge in [0.25, 0.3) is 0 Å². The van der Waals surface area contributed by atoms with Gasteiger partial charge < -0.3 is 59.7 Å². The second-order valence-corrected chi connectivity index (χ2v) is 11.0. The molecule has 0 heterocycles. The van der Waals surface area contributed by atoms with E-state index < -0.39 is 96.5 Å². The lowest BCUT2D eigenvalue weighted by Crippen LogP contribution is -2.58. The number of carbonyl (C=O) groups excluding carboxylic acids is 6. The number of carbonyl (C=O) groups is 8. The van der Waals surface area contributed by atoms with Crippen molar-refractivity contribution in [2.75, 3.05) is 6.54 Å². The lowest BCUT2D eigenvalue weighted by molar-refractivity contribution is -0.143. The van der Waals surface area contributed by atoms with Crippen LogP contribution in [-0.4, -0.2) is 106 Å². The van der Waals surface area contributed by atoms with Crippen molar-refractivity contribution in [1.82, 2.24) is 26.6 Å². The number of nitrogens with zero attached hydrogens (tertiary/aromatic N) is 1. The molecule has 0 aliphatic rings. The Kier molecular flexibility index (Phi) is 17.2. The summed E-state index contributed by atoms with van der Waals surface area (Å²) in [6.45, 7) is 2.68. The highest BCUT2D eigenvalue weighted by Gasteiger charge is 2.31. The summed E-state index contributed by atoms with van der Waals surface area (Å²) >= 11 is 0. The Balaban J connectivity index is 2.98. The van der Waals surface area contributed by atoms with Crippen LogP contribution < -0.4 is 49.5 Å². The quantitative estimate of drug-likeness (QED) is 0.0329. The maximum atomic E-state index is 13.1. The minimum Gasteiger partial charge on any atom is -0.481 e. The predicted molar refractivity (Wildman–Crippen MR) is 173 cm³/mol. The van der Waals surface area contributed by atoms with Crippen LogP contribution in [0.1, 0.15) is 45.1 Å². The van der Waals surface area contributed by atoms with E-state index in [4.69, 9.17) is 28.0 Å². The van der Waals surface area contributed by atoms with Gasteiger partial charge in [-0.15, -0.1) is 0 Å². The first-order valence-corrected chi connectivity index (χ1v) is 15.0. The van der Waals surface area contributed by atoms with E-state index >= 15 is 0 Å². The highest BCUT2D eigenvalue weighted by Crippen LogP contribution is 2.06. The molecular formula is C29H44N10O10. The Bertz CT molecular complexity index is 1390. The van der Waals surface area contributed by atoms with E-state index in [2.05, 4.69) is 31.6 Å². The Morgan fingerprint density at radius 3 is 1.73 bits per heavy atom. The maximum absolute atomic E-state index is 13.1. The van der Waals surface area contributed by atoms with Crippen LogP contribution in [-0.2, 0) is 44.8 Å². The molecule has 20 nitrogen and oxygen atoms in total. The molecule has 0 aromatic heterocycles. The van der Waals surface area contributed by atoms with Crippen molar-refractivity contribution in [3.05, 3.63) is 35.9 Å². The number of guanidine groups is 1. The zero-order chi connectivity index (χ0) is 37.3. The zero-order valence-electron chi connectivity index (χ0n) is 27.0. The van der Waals surface area contributed by atoms with Gasteiger partial charge in [-0.05, 0) is 32.3 Å². The summed E-state index contributed by atoms with van der Waals surface area (Å²) in [5.41, 5.74) is 21.9. The fourth-order valence-electron chi connectivity index (χ4n) is 4.14.